The number of nitrogens with zero attached hydrogens (tertiary/aromatic N) is 4. The highest BCUT2D eigenvalue weighted by Crippen LogP contribution is 2.17. The lowest BCUT2D eigenvalue weighted by atomic mass is 10.3. The van der Waals surface area contributed by atoms with Crippen molar-refractivity contribution in [3.05, 3.63) is 35.2 Å². The van der Waals surface area contributed by atoms with Gasteiger partial charge in [-0.1, -0.05) is 0 Å². The molecular weight excluding hydrogens is 234 g/mol. The van der Waals surface area contributed by atoms with Crippen LogP contribution in [0, 0.1) is 6.92 Å². The van der Waals surface area contributed by atoms with Crippen molar-refractivity contribution in [1.82, 2.24) is 19.2 Å². The van der Waals surface area contributed by atoms with Crippen molar-refractivity contribution >= 4 is 22.1 Å². The van der Waals surface area contributed by atoms with E-state index in [2.05, 4.69) is 26.0 Å². The summed E-state index contributed by atoms with van der Waals surface area (Å²) in [6.07, 6.45) is 3.97. The van der Waals surface area contributed by atoms with Crippen LogP contribution in [0.5, 0.6) is 0 Å². The molecule has 0 saturated heterocycles. The Bertz CT molecular complexity index is 648. The maximum Gasteiger partial charge on any atom is 0.194 e. The maximum absolute atomic E-state index is 4.51. The molecule has 0 saturated carbocycles. The second-order valence-electron chi connectivity index (χ2n) is 3.93. The van der Waals surface area contributed by atoms with Crippen molar-refractivity contribution in [1.29, 1.82) is 0 Å². The molecule has 0 aliphatic carbocycles. The van der Waals surface area contributed by atoms with Crippen molar-refractivity contribution in [3.8, 4) is 0 Å². The summed E-state index contributed by atoms with van der Waals surface area (Å²) in [7, 11) is 1.91. The summed E-state index contributed by atoms with van der Waals surface area (Å²) in [5.74, 6) is 0.886. The molecule has 0 amide bonds. The van der Waals surface area contributed by atoms with Crippen LogP contribution >= 0.6 is 11.3 Å². The Morgan fingerprint density at radius 1 is 1.41 bits per heavy atom. The third-order valence-electron chi connectivity index (χ3n) is 2.71. The van der Waals surface area contributed by atoms with E-state index in [0.29, 0.717) is 0 Å². The van der Waals surface area contributed by atoms with Gasteiger partial charge in [0.25, 0.3) is 0 Å². The van der Waals surface area contributed by atoms with Crippen LogP contribution in [0.1, 0.15) is 11.4 Å². The molecule has 0 fully saturated rings. The minimum Gasteiger partial charge on any atom is -0.363 e. The molecule has 0 spiro atoms. The number of aromatic nitrogens is 4. The van der Waals surface area contributed by atoms with E-state index in [-0.39, 0.29) is 0 Å². The number of fused-ring (bicyclic) bond motifs is 1. The molecule has 0 radical (unpaired) electrons. The maximum atomic E-state index is 4.51. The molecule has 17 heavy (non-hydrogen) atoms. The first-order valence-corrected chi connectivity index (χ1v) is 6.26. The molecule has 1 N–H and O–H groups in total. The second kappa shape index (κ2) is 3.89. The van der Waals surface area contributed by atoms with E-state index in [0.717, 1.165) is 23.0 Å². The van der Waals surface area contributed by atoms with Gasteiger partial charge in [-0.05, 0) is 6.92 Å². The normalized spacial score (nSPS) is 11.2. The molecule has 0 unspecified atom stereocenters. The minimum atomic E-state index is 0.737. The number of hydrogen-bond acceptors (Lipinski definition) is 4. The molecule has 0 bridgehead atoms. The summed E-state index contributed by atoms with van der Waals surface area (Å²) in [5.41, 5.74) is 2.26. The van der Waals surface area contributed by atoms with Gasteiger partial charge in [0.05, 0.1) is 17.9 Å². The van der Waals surface area contributed by atoms with Gasteiger partial charge >= 0.3 is 0 Å². The zero-order valence-electron chi connectivity index (χ0n) is 9.71. The highest BCUT2D eigenvalue weighted by molar-refractivity contribution is 7.15. The van der Waals surface area contributed by atoms with Crippen molar-refractivity contribution < 1.29 is 0 Å². The molecular formula is C11H13N5S. The Morgan fingerprint density at radius 3 is 3.06 bits per heavy atom. The highest BCUT2D eigenvalue weighted by Gasteiger charge is 2.09. The summed E-state index contributed by atoms with van der Waals surface area (Å²) >= 11 is 1.65. The van der Waals surface area contributed by atoms with Crippen molar-refractivity contribution in [3.63, 3.8) is 0 Å². The number of thiazole rings is 1. The predicted molar refractivity (Wildman–Crippen MR) is 68.3 cm³/mol. The first-order chi connectivity index (χ1) is 8.24. The fraction of sp³-hybridized carbons (Fsp3) is 0.273. The van der Waals surface area contributed by atoms with Crippen LogP contribution in [-0.2, 0) is 13.6 Å². The average Bonchev–Trinajstić information content (AvgIpc) is 2.93. The smallest absolute Gasteiger partial charge is 0.194 e. The zero-order valence-corrected chi connectivity index (χ0v) is 10.5. The Balaban J connectivity index is 1.84. The van der Waals surface area contributed by atoms with Gasteiger partial charge in [0, 0.05) is 30.9 Å². The van der Waals surface area contributed by atoms with Gasteiger partial charge < -0.3 is 5.32 Å². The lowest BCUT2D eigenvalue weighted by Gasteiger charge is -2.03. The summed E-state index contributed by atoms with van der Waals surface area (Å²) in [6.45, 7) is 2.77. The Hall–Kier alpha value is -1.82. The van der Waals surface area contributed by atoms with E-state index in [1.165, 1.54) is 5.69 Å². The van der Waals surface area contributed by atoms with Crippen LogP contribution in [0.4, 0.5) is 5.82 Å². The van der Waals surface area contributed by atoms with Gasteiger partial charge in [-0.3, -0.25) is 9.08 Å². The molecule has 6 heteroatoms. The number of imidazole rings is 1. The number of aryl methyl sites for hydroxylation is 2. The van der Waals surface area contributed by atoms with Crippen LogP contribution in [0.3, 0.4) is 0 Å². The summed E-state index contributed by atoms with van der Waals surface area (Å²) < 4.78 is 3.90. The summed E-state index contributed by atoms with van der Waals surface area (Å²) in [6, 6.07) is 1.96. The van der Waals surface area contributed by atoms with Gasteiger partial charge in [0.2, 0.25) is 0 Å². The second-order valence-corrected chi connectivity index (χ2v) is 4.80. The lowest BCUT2D eigenvalue weighted by Crippen LogP contribution is -2.04. The molecule has 0 aromatic carbocycles. The first kappa shape index (κ1) is 10.3. The van der Waals surface area contributed by atoms with Gasteiger partial charge in [-0.2, -0.15) is 5.10 Å². The third-order valence-corrected chi connectivity index (χ3v) is 3.47. The van der Waals surface area contributed by atoms with Gasteiger partial charge in [-0.25, -0.2) is 4.98 Å². The van der Waals surface area contributed by atoms with Crippen molar-refractivity contribution in [2.45, 2.75) is 13.5 Å². The number of rotatable bonds is 3. The van der Waals surface area contributed by atoms with Crippen LogP contribution in [0.15, 0.2) is 23.8 Å². The predicted octanol–water partition coefficient (Wildman–Crippen LogP) is 2.05. The number of hydrogen-bond donors (Lipinski definition) is 1. The highest BCUT2D eigenvalue weighted by atomic mass is 32.1. The van der Waals surface area contributed by atoms with E-state index < -0.39 is 0 Å². The third kappa shape index (κ3) is 1.80. The average molecular weight is 247 g/mol. The first-order valence-electron chi connectivity index (χ1n) is 5.38. The van der Waals surface area contributed by atoms with Crippen LogP contribution in [0.2, 0.25) is 0 Å². The van der Waals surface area contributed by atoms with E-state index >= 15 is 0 Å². The van der Waals surface area contributed by atoms with Gasteiger partial charge in [0.15, 0.2) is 4.96 Å². The van der Waals surface area contributed by atoms with Crippen molar-refractivity contribution in [2.75, 3.05) is 5.32 Å². The van der Waals surface area contributed by atoms with E-state index in [4.69, 9.17) is 0 Å². The van der Waals surface area contributed by atoms with Gasteiger partial charge in [-0.15, -0.1) is 11.3 Å². The summed E-state index contributed by atoms with van der Waals surface area (Å²) in [4.78, 5) is 5.55. The van der Waals surface area contributed by atoms with Crippen LogP contribution < -0.4 is 5.32 Å². The van der Waals surface area contributed by atoms with E-state index in [9.17, 15) is 0 Å². The monoisotopic (exact) mass is 247 g/mol. The molecule has 5 nitrogen and oxygen atoms in total. The van der Waals surface area contributed by atoms with Crippen molar-refractivity contribution in [2.24, 2.45) is 7.05 Å². The molecule has 3 aromatic rings. The summed E-state index contributed by atoms with van der Waals surface area (Å²) in [5, 5.41) is 9.64. The SMILES string of the molecule is Cc1nc2sccn2c1CNc1ccn(C)n1. The molecule has 0 atom stereocenters. The minimum absolute atomic E-state index is 0.737. The number of nitrogens with one attached hydrogen (secondary N) is 1. The Morgan fingerprint density at radius 2 is 2.29 bits per heavy atom. The van der Waals surface area contributed by atoms with Gasteiger partial charge in [0.1, 0.15) is 5.82 Å². The molecule has 88 valence electrons. The molecule has 3 aromatic heterocycles. The van der Waals surface area contributed by atoms with E-state index in [1.54, 1.807) is 16.0 Å². The lowest BCUT2D eigenvalue weighted by molar-refractivity contribution is 0.767. The van der Waals surface area contributed by atoms with E-state index in [1.807, 2.05) is 31.6 Å². The molecule has 0 aliphatic rings. The quantitative estimate of drug-likeness (QED) is 0.770. The fourth-order valence-electron chi connectivity index (χ4n) is 1.84. The molecule has 0 aliphatic heterocycles. The van der Waals surface area contributed by atoms with Crippen LogP contribution in [0.25, 0.3) is 4.96 Å². The molecule has 3 rings (SSSR count). The van der Waals surface area contributed by atoms with Crippen LogP contribution in [-0.4, -0.2) is 19.2 Å². The Labute approximate surface area is 103 Å². The topological polar surface area (TPSA) is 47.1 Å². The number of anilines is 1. The Kier molecular flexibility index (Phi) is 2.36. The standard InChI is InChI=1S/C11H13N5S/c1-8-9(16-5-6-17-11(16)13-8)7-12-10-3-4-15(2)14-10/h3-6H,7H2,1-2H3,(H,12,14). The zero-order chi connectivity index (χ0) is 11.8. The molecule has 3 heterocycles. The largest absolute Gasteiger partial charge is 0.363 e. The fourth-order valence-corrected chi connectivity index (χ4v) is 2.62.